The maximum Gasteiger partial charge on any atom is 0.252 e. The molecule has 1 amide bonds. The van der Waals surface area contributed by atoms with Gasteiger partial charge in [-0.3, -0.25) is 4.79 Å². The van der Waals surface area contributed by atoms with Gasteiger partial charge in [-0.05, 0) is 56.2 Å². The normalized spacial score (nSPS) is 15.7. The van der Waals surface area contributed by atoms with Gasteiger partial charge in [-0.2, -0.15) is 0 Å². The van der Waals surface area contributed by atoms with E-state index < -0.39 is 10.0 Å². The second kappa shape index (κ2) is 8.80. The number of nitrogens with one attached hydrogen (secondary N) is 2. The van der Waals surface area contributed by atoms with Crippen molar-refractivity contribution >= 4 is 15.9 Å². The number of fused-ring (bicyclic) bond motifs is 1. The van der Waals surface area contributed by atoms with Crippen molar-refractivity contribution in [2.24, 2.45) is 0 Å². The Morgan fingerprint density at radius 3 is 2.66 bits per heavy atom. The summed E-state index contributed by atoms with van der Waals surface area (Å²) in [5.41, 5.74) is 4.09. The summed E-state index contributed by atoms with van der Waals surface area (Å²) in [7, 11) is -3.81. The van der Waals surface area contributed by atoms with Crippen molar-refractivity contribution < 1.29 is 22.4 Å². The first-order chi connectivity index (χ1) is 15.2. The summed E-state index contributed by atoms with van der Waals surface area (Å²) in [6.45, 7) is 6.32. The van der Waals surface area contributed by atoms with Crippen LogP contribution in [-0.2, 0) is 16.6 Å². The van der Waals surface area contributed by atoms with Gasteiger partial charge in [-0.15, -0.1) is 0 Å². The Morgan fingerprint density at radius 1 is 1.09 bits per heavy atom. The van der Waals surface area contributed by atoms with Crippen molar-refractivity contribution in [2.75, 3.05) is 6.61 Å². The zero-order valence-electron chi connectivity index (χ0n) is 18.3. The highest BCUT2D eigenvalue weighted by atomic mass is 32.2. The zero-order valence-corrected chi connectivity index (χ0v) is 19.1. The highest BCUT2D eigenvalue weighted by Gasteiger charge is 2.26. The van der Waals surface area contributed by atoms with E-state index in [4.69, 9.17) is 9.15 Å². The molecular formula is C24H26N2O5S. The minimum Gasteiger partial charge on any atom is -0.493 e. The van der Waals surface area contributed by atoms with Crippen molar-refractivity contribution in [3.63, 3.8) is 0 Å². The number of carbonyl (C=O) groups excluding carboxylic acids is 1. The molecule has 0 fully saturated rings. The van der Waals surface area contributed by atoms with Gasteiger partial charge in [-0.1, -0.05) is 23.8 Å². The van der Waals surface area contributed by atoms with Gasteiger partial charge in [0, 0.05) is 17.5 Å². The molecule has 0 spiro atoms. The number of aryl methyl sites for hydroxylation is 3. The smallest absolute Gasteiger partial charge is 0.252 e. The van der Waals surface area contributed by atoms with Crippen LogP contribution in [0.2, 0.25) is 0 Å². The average Bonchev–Trinajstić information content (AvgIpc) is 3.27. The molecule has 4 rings (SSSR count). The van der Waals surface area contributed by atoms with Crippen LogP contribution in [-0.4, -0.2) is 20.9 Å². The fourth-order valence-corrected chi connectivity index (χ4v) is 4.96. The Hall–Kier alpha value is -3.10. The van der Waals surface area contributed by atoms with Crippen LogP contribution in [0.3, 0.4) is 0 Å². The maximum absolute atomic E-state index is 13.2. The predicted octanol–water partition coefficient (Wildman–Crippen LogP) is 3.94. The van der Waals surface area contributed by atoms with Gasteiger partial charge in [0.05, 0.1) is 30.4 Å². The van der Waals surface area contributed by atoms with Gasteiger partial charge in [0.1, 0.15) is 11.5 Å². The van der Waals surface area contributed by atoms with E-state index in [2.05, 4.69) is 16.1 Å². The Labute approximate surface area is 187 Å². The third-order valence-electron chi connectivity index (χ3n) is 5.56. The van der Waals surface area contributed by atoms with Crippen LogP contribution in [0.25, 0.3) is 0 Å². The van der Waals surface area contributed by atoms with Gasteiger partial charge in [0.2, 0.25) is 10.0 Å². The van der Waals surface area contributed by atoms with Gasteiger partial charge in [0.15, 0.2) is 0 Å². The molecule has 8 heteroatoms. The topological polar surface area (TPSA) is 97.6 Å². The molecule has 32 heavy (non-hydrogen) atoms. The van der Waals surface area contributed by atoms with Crippen LogP contribution in [0.5, 0.6) is 5.75 Å². The highest BCUT2D eigenvalue weighted by molar-refractivity contribution is 7.89. The van der Waals surface area contributed by atoms with Crippen molar-refractivity contribution in [3.8, 4) is 5.75 Å². The molecule has 1 aliphatic heterocycles. The molecule has 0 aliphatic carbocycles. The first kappa shape index (κ1) is 22.1. The minimum atomic E-state index is -3.81. The fourth-order valence-electron chi connectivity index (χ4n) is 3.94. The lowest BCUT2D eigenvalue weighted by Crippen LogP contribution is -2.33. The van der Waals surface area contributed by atoms with E-state index in [1.807, 2.05) is 19.9 Å². The molecule has 7 nitrogen and oxygen atoms in total. The van der Waals surface area contributed by atoms with Crippen LogP contribution in [0.1, 0.15) is 50.8 Å². The van der Waals surface area contributed by atoms with E-state index in [0.29, 0.717) is 29.9 Å². The van der Waals surface area contributed by atoms with Gasteiger partial charge >= 0.3 is 0 Å². The molecule has 1 aromatic heterocycles. The summed E-state index contributed by atoms with van der Waals surface area (Å²) in [6, 6.07) is 11.8. The van der Waals surface area contributed by atoms with E-state index in [1.54, 1.807) is 25.1 Å². The van der Waals surface area contributed by atoms with Crippen LogP contribution in [0.4, 0.5) is 0 Å². The highest BCUT2D eigenvalue weighted by Crippen LogP contribution is 2.36. The first-order valence-electron chi connectivity index (χ1n) is 10.4. The fraction of sp³-hybridized carbons (Fsp3) is 0.292. The number of ether oxygens (including phenoxy) is 1. The van der Waals surface area contributed by atoms with Gasteiger partial charge in [0.25, 0.3) is 5.91 Å². The minimum absolute atomic E-state index is 0.0267. The lowest BCUT2D eigenvalue weighted by Gasteiger charge is -2.28. The molecular weight excluding hydrogens is 428 g/mol. The van der Waals surface area contributed by atoms with Crippen molar-refractivity contribution in [3.05, 3.63) is 82.3 Å². The number of hydrogen-bond donors (Lipinski definition) is 2. The molecule has 0 bridgehead atoms. The number of furan rings is 1. The molecule has 0 saturated heterocycles. The number of rotatable bonds is 6. The molecule has 1 aliphatic rings. The van der Waals surface area contributed by atoms with E-state index in [1.165, 1.54) is 18.4 Å². The molecule has 168 valence electrons. The molecule has 1 atom stereocenters. The monoisotopic (exact) mass is 454 g/mol. The van der Waals surface area contributed by atoms with E-state index >= 15 is 0 Å². The average molecular weight is 455 g/mol. The number of benzene rings is 2. The molecule has 2 N–H and O–H groups in total. The number of sulfonamides is 1. The summed E-state index contributed by atoms with van der Waals surface area (Å²) in [6.07, 6.45) is 2.12. The third kappa shape index (κ3) is 4.56. The Balaban J connectivity index is 1.56. The van der Waals surface area contributed by atoms with Crippen molar-refractivity contribution in [2.45, 2.75) is 44.7 Å². The third-order valence-corrected chi connectivity index (χ3v) is 6.96. The van der Waals surface area contributed by atoms with E-state index in [9.17, 15) is 13.2 Å². The predicted molar refractivity (Wildman–Crippen MR) is 120 cm³/mol. The van der Waals surface area contributed by atoms with E-state index in [-0.39, 0.29) is 23.4 Å². The summed E-state index contributed by atoms with van der Waals surface area (Å²) in [5.74, 6) is 0.993. The lowest BCUT2D eigenvalue weighted by atomic mass is 9.95. The SMILES string of the molecule is Cc1cc(C)c2c(c1)C(NC(=O)c1cc(S(=O)(=O)NCc3ccco3)ccc1C)CCO2. The molecule has 1 unspecified atom stereocenters. The molecule has 2 heterocycles. The summed E-state index contributed by atoms with van der Waals surface area (Å²) >= 11 is 0. The Bertz CT molecular complexity index is 1250. The summed E-state index contributed by atoms with van der Waals surface area (Å²) in [5, 5.41) is 3.07. The zero-order chi connectivity index (χ0) is 22.9. The van der Waals surface area contributed by atoms with Crippen molar-refractivity contribution in [1.29, 1.82) is 0 Å². The quantitative estimate of drug-likeness (QED) is 0.588. The number of amides is 1. The lowest BCUT2D eigenvalue weighted by molar-refractivity contribution is 0.0923. The van der Waals surface area contributed by atoms with Crippen LogP contribution in [0, 0.1) is 20.8 Å². The Kier molecular flexibility index (Phi) is 6.08. The first-order valence-corrected chi connectivity index (χ1v) is 11.9. The molecule has 0 saturated carbocycles. The van der Waals surface area contributed by atoms with Crippen LogP contribution in [0.15, 0.2) is 58.0 Å². The number of carbonyl (C=O) groups is 1. The van der Waals surface area contributed by atoms with Crippen LogP contribution >= 0.6 is 0 Å². The second-order valence-corrected chi connectivity index (χ2v) is 9.81. The summed E-state index contributed by atoms with van der Waals surface area (Å²) in [4.78, 5) is 13.2. The molecule has 2 aromatic carbocycles. The Morgan fingerprint density at radius 2 is 1.91 bits per heavy atom. The largest absolute Gasteiger partial charge is 0.493 e. The van der Waals surface area contributed by atoms with Crippen LogP contribution < -0.4 is 14.8 Å². The molecule has 0 radical (unpaired) electrons. The number of hydrogen-bond acceptors (Lipinski definition) is 5. The van der Waals surface area contributed by atoms with Gasteiger partial charge < -0.3 is 14.5 Å². The maximum atomic E-state index is 13.2. The van der Waals surface area contributed by atoms with Crippen molar-refractivity contribution in [1.82, 2.24) is 10.0 Å². The second-order valence-electron chi connectivity index (χ2n) is 8.04. The van der Waals surface area contributed by atoms with E-state index in [0.717, 1.165) is 22.4 Å². The molecule has 3 aromatic rings. The summed E-state index contributed by atoms with van der Waals surface area (Å²) < 4.78 is 39.0. The van der Waals surface area contributed by atoms with Gasteiger partial charge in [-0.25, -0.2) is 13.1 Å². The standard InChI is InChI=1S/C24H26N2O5S/c1-15-11-17(3)23-21(12-15)22(8-10-31-23)26-24(27)20-13-19(7-6-16(20)2)32(28,29)25-14-18-5-4-9-30-18/h4-7,9,11-13,22,25H,8,10,14H2,1-3H3,(H,26,27).